The van der Waals surface area contributed by atoms with E-state index in [4.69, 9.17) is 46.0 Å². The van der Waals surface area contributed by atoms with Crippen LogP contribution in [0.5, 0.6) is 0 Å². The number of nitrogens with two attached hydrogens (primary N) is 2. The summed E-state index contributed by atoms with van der Waals surface area (Å²) in [7, 11) is 0. The highest BCUT2D eigenvalue weighted by Gasteiger charge is 2.59. The standard InChI is InChI=1S/C41H72N6O7/c1-27(2)8-6-9-28(3)32-13-14-33-31-12-11-29-26-30(15-17-40(29,4)34(31)16-18-41(32,33)5)54-39(49)53-25-23-51-21-20-50-22-24-52-36(48)35(47-38(44)45)10-7-19-46-37(42)43/h11,27-28,30-35H,6-10,12-26H2,1-5H3,(H4,42,43,46)(H4,44,45,47). The third-order valence-corrected chi connectivity index (χ3v) is 13.4. The third-order valence-electron chi connectivity index (χ3n) is 13.4. The van der Waals surface area contributed by atoms with E-state index in [0.717, 1.165) is 54.8 Å². The van der Waals surface area contributed by atoms with Gasteiger partial charge >= 0.3 is 12.1 Å². The van der Waals surface area contributed by atoms with E-state index in [1.54, 1.807) is 0 Å². The van der Waals surface area contributed by atoms with Gasteiger partial charge in [0, 0.05) is 13.0 Å². The molecule has 9 atom stereocenters. The van der Waals surface area contributed by atoms with Crippen LogP contribution in [0.1, 0.15) is 118 Å². The second-order valence-electron chi connectivity index (χ2n) is 17.4. The molecule has 8 N–H and O–H groups in total. The lowest BCUT2D eigenvalue weighted by atomic mass is 9.47. The Labute approximate surface area is 324 Å². The Morgan fingerprint density at radius 2 is 1.56 bits per heavy atom. The van der Waals surface area contributed by atoms with E-state index in [1.165, 1.54) is 56.9 Å². The highest BCUT2D eigenvalue weighted by atomic mass is 16.7. The predicted molar refractivity (Wildman–Crippen MR) is 210 cm³/mol. The molecule has 0 bridgehead atoms. The van der Waals surface area contributed by atoms with E-state index in [-0.39, 0.29) is 56.5 Å². The minimum atomic E-state index is -0.784. The van der Waals surface area contributed by atoms with Crippen molar-refractivity contribution in [1.29, 1.82) is 10.8 Å². The second-order valence-corrected chi connectivity index (χ2v) is 17.4. The van der Waals surface area contributed by atoms with Gasteiger partial charge in [-0.25, -0.2) is 9.59 Å². The van der Waals surface area contributed by atoms with Crippen molar-refractivity contribution in [3.05, 3.63) is 11.6 Å². The first-order valence-corrected chi connectivity index (χ1v) is 20.8. The summed E-state index contributed by atoms with van der Waals surface area (Å²) < 4.78 is 27.3. The van der Waals surface area contributed by atoms with Crippen LogP contribution >= 0.6 is 0 Å². The van der Waals surface area contributed by atoms with Gasteiger partial charge < -0.3 is 45.8 Å². The quantitative estimate of drug-likeness (QED) is 0.0254. The lowest BCUT2D eigenvalue weighted by molar-refractivity contribution is -0.147. The normalized spacial score (nSPS) is 29.8. The zero-order valence-electron chi connectivity index (χ0n) is 33.9. The number of rotatable bonds is 21. The van der Waals surface area contributed by atoms with E-state index < -0.39 is 18.2 Å². The van der Waals surface area contributed by atoms with Crippen LogP contribution in [0.3, 0.4) is 0 Å². The first kappa shape index (κ1) is 43.7. The van der Waals surface area contributed by atoms with Crippen molar-refractivity contribution in [2.75, 3.05) is 46.2 Å². The summed E-state index contributed by atoms with van der Waals surface area (Å²) in [6, 6.07) is -0.784. The number of hydrogen-bond donors (Lipinski definition) is 6. The van der Waals surface area contributed by atoms with Crippen LogP contribution in [0.15, 0.2) is 11.6 Å². The van der Waals surface area contributed by atoms with Crippen LogP contribution < -0.4 is 22.1 Å². The summed E-state index contributed by atoms with van der Waals surface area (Å²) >= 11 is 0. The summed E-state index contributed by atoms with van der Waals surface area (Å²) in [6.07, 6.45) is 16.1. The van der Waals surface area contributed by atoms with Crippen molar-refractivity contribution >= 4 is 24.0 Å². The number of carbonyl (C=O) groups excluding carboxylic acids is 2. The lowest BCUT2D eigenvalue weighted by Crippen LogP contribution is -2.51. The largest absolute Gasteiger partial charge is 0.508 e. The molecule has 0 spiro atoms. The van der Waals surface area contributed by atoms with Crippen molar-refractivity contribution in [2.24, 2.45) is 57.8 Å². The molecule has 13 heteroatoms. The van der Waals surface area contributed by atoms with Crippen molar-refractivity contribution in [1.82, 2.24) is 10.6 Å². The average Bonchev–Trinajstić information content (AvgIpc) is 3.47. The summed E-state index contributed by atoms with van der Waals surface area (Å²) in [6.45, 7) is 13.9. The number of ether oxygens (including phenoxy) is 5. The summed E-state index contributed by atoms with van der Waals surface area (Å²) in [4.78, 5) is 24.9. The number of nitrogens with one attached hydrogen (secondary N) is 4. The van der Waals surface area contributed by atoms with Gasteiger partial charge in [0.15, 0.2) is 11.9 Å². The minimum Gasteiger partial charge on any atom is -0.462 e. The van der Waals surface area contributed by atoms with E-state index >= 15 is 0 Å². The van der Waals surface area contributed by atoms with E-state index in [0.29, 0.717) is 31.4 Å². The topological polar surface area (TPSA) is 204 Å². The summed E-state index contributed by atoms with van der Waals surface area (Å²) in [5, 5.41) is 19.8. The fraction of sp³-hybridized carbons (Fsp3) is 0.854. The monoisotopic (exact) mass is 761 g/mol. The minimum absolute atomic E-state index is 0.0342. The molecule has 3 saturated carbocycles. The Morgan fingerprint density at radius 3 is 2.24 bits per heavy atom. The third kappa shape index (κ3) is 12.0. The number of esters is 1. The van der Waals surface area contributed by atoms with Gasteiger partial charge in [0.05, 0.1) is 26.4 Å². The van der Waals surface area contributed by atoms with Crippen molar-refractivity contribution in [3.8, 4) is 0 Å². The van der Waals surface area contributed by atoms with Crippen molar-refractivity contribution in [3.63, 3.8) is 0 Å². The lowest BCUT2D eigenvalue weighted by Gasteiger charge is -2.58. The molecule has 54 heavy (non-hydrogen) atoms. The molecular formula is C41H72N6O7. The van der Waals surface area contributed by atoms with Gasteiger partial charge in [0.25, 0.3) is 0 Å². The van der Waals surface area contributed by atoms with Gasteiger partial charge in [0.2, 0.25) is 0 Å². The number of allylic oxidation sites excluding steroid dienone is 1. The van der Waals surface area contributed by atoms with Crippen LogP contribution in [0, 0.1) is 57.2 Å². The molecule has 0 saturated heterocycles. The smallest absolute Gasteiger partial charge is 0.462 e. The Hall–Kier alpha value is -3.06. The molecule has 0 aromatic rings. The van der Waals surface area contributed by atoms with Gasteiger partial charge in [-0.1, -0.05) is 65.5 Å². The van der Waals surface area contributed by atoms with Gasteiger partial charge in [-0.2, -0.15) is 0 Å². The van der Waals surface area contributed by atoms with Gasteiger partial charge in [-0.3, -0.25) is 10.8 Å². The highest BCUT2D eigenvalue weighted by Crippen LogP contribution is 2.67. The summed E-state index contributed by atoms with van der Waals surface area (Å²) in [5.74, 6) is 3.80. The van der Waals surface area contributed by atoms with Crippen LogP contribution in [-0.2, 0) is 28.5 Å². The number of carbonyl (C=O) groups is 2. The molecule has 0 amide bonds. The molecule has 9 unspecified atom stereocenters. The molecule has 0 aliphatic heterocycles. The molecule has 0 aromatic heterocycles. The number of hydrogen-bond acceptors (Lipinski definition) is 9. The van der Waals surface area contributed by atoms with Gasteiger partial charge in [-0.15, -0.1) is 0 Å². The van der Waals surface area contributed by atoms with Crippen molar-refractivity contribution in [2.45, 2.75) is 130 Å². The van der Waals surface area contributed by atoms with Crippen LogP contribution in [0.25, 0.3) is 0 Å². The molecule has 0 radical (unpaired) electrons. The Bertz CT molecular complexity index is 1280. The highest BCUT2D eigenvalue weighted by molar-refractivity contribution is 5.83. The van der Waals surface area contributed by atoms with Crippen LogP contribution in [0.2, 0.25) is 0 Å². The molecule has 4 aliphatic carbocycles. The number of fused-ring (bicyclic) bond motifs is 5. The SMILES string of the molecule is CC(C)CCCC(C)C1CCC2C3CC=C4CC(OC(=O)OCCOCCOCCOC(=O)C(CCCNC(=N)N)NC(=N)N)CCC4(C)C3CCC12C. The molecule has 4 aliphatic rings. The van der Waals surface area contributed by atoms with E-state index in [9.17, 15) is 9.59 Å². The second kappa shape index (κ2) is 20.7. The fourth-order valence-electron chi connectivity index (χ4n) is 10.7. The van der Waals surface area contributed by atoms with E-state index in [1.807, 2.05) is 0 Å². The molecule has 308 valence electrons. The zero-order valence-corrected chi connectivity index (χ0v) is 33.9. The fourth-order valence-corrected chi connectivity index (χ4v) is 10.7. The maximum Gasteiger partial charge on any atom is 0.508 e. The molecule has 4 rings (SSSR count). The zero-order chi connectivity index (χ0) is 39.3. The Balaban J connectivity index is 1.08. The molecule has 3 fully saturated rings. The first-order valence-electron chi connectivity index (χ1n) is 20.8. The van der Waals surface area contributed by atoms with Gasteiger partial charge in [0.1, 0.15) is 25.4 Å². The van der Waals surface area contributed by atoms with E-state index in [2.05, 4.69) is 51.3 Å². The number of guanidine groups is 2. The molecule has 0 heterocycles. The summed E-state index contributed by atoms with van der Waals surface area (Å²) in [5.41, 5.74) is 12.8. The Morgan fingerprint density at radius 1 is 0.852 bits per heavy atom. The molecule has 13 nitrogen and oxygen atoms in total. The first-order chi connectivity index (χ1) is 25.7. The Kier molecular flexibility index (Phi) is 16.8. The molecular weight excluding hydrogens is 688 g/mol. The average molecular weight is 761 g/mol. The molecule has 0 aromatic carbocycles. The van der Waals surface area contributed by atoms with Crippen molar-refractivity contribution < 1.29 is 33.3 Å². The van der Waals surface area contributed by atoms with Gasteiger partial charge in [-0.05, 0) is 104 Å². The predicted octanol–water partition coefficient (Wildman–Crippen LogP) is 6.24. The maximum atomic E-state index is 12.6. The maximum absolute atomic E-state index is 12.6. The van der Waals surface area contributed by atoms with Crippen LogP contribution in [-0.4, -0.2) is 82.4 Å². The van der Waals surface area contributed by atoms with Crippen LogP contribution in [0.4, 0.5) is 4.79 Å².